The molecule has 2 aromatic carbocycles. The smallest absolute Gasteiger partial charge is 0.744 e. The summed E-state index contributed by atoms with van der Waals surface area (Å²) in [5.74, 6) is 0. The van der Waals surface area contributed by atoms with Gasteiger partial charge in [-0.25, -0.2) is 8.42 Å². The molecular weight excluding hydrogens is 552 g/mol. The molecule has 0 aromatic heterocycles. The van der Waals surface area contributed by atoms with E-state index in [-0.39, 0.29) is 56.3 Å². The summed E-state index contributed by atoms with van der Waals surface area (Å²) in [5, 5.41) is 2.00. The second-order valence-electron chi connectivity index (χ2n) is 12.1. The molecule has 0 unspecified atom stereocenters. The molecule has 0 amide bonds. The summed E-state index contributed by atoms with van der Waals surface area (Å²) in [7, 11) is -4.50. The molecule has 41 heavy (non-hydrogen) atoms. The third kappa shape index (κ3) is 17.4. The third-order valence-corrected chi connectivity index (χ3v) is 9.44. The van der Waals surface area contributed by atoms with E-state index >= 15 is 0 Å². The van der Waals surface area contributed by atoms with Crippen molar-refractivity contribution in [3.05, 3.63) is 41.5 Å². The molecule has 0 saturated heterocycles. The van der Waals surface area contributed by atoms with Crippen LogP contribution in [0.15, 0.2) is 35.2 Å². The summed E-state index contributed by atoms with van der Waals surface area (Å²) in [6.45, 7) is 4.52. The van der Waals surface area contributed by atoms with E-state index in [0.29, 0.717) is 12.0 Å². The molecular formula is C36H59KO3S. The van der Waals surface area contributed by atoms with Crippen molar-refractivity contribution in [1.82, 2.24) is 0 Å². The zero-order valence-electron chi connectivity index (χ0n) is 27.0. The standard InChI is InChI=1S/C36H60O3S.K/c1-3-5-7-9-11-13-15-17-19-21-23-26-32-28-25-29-33-30-34(36(31-35(32)33)40(37,38)39)27-24-22-20-18-16-14-12-10-8-6-4-2;/h25,28-31H,3-24,26-27H2,1-2H3,(H,37,38,39);/q;+1/p-1. The Hall–Kier alpha value is 0.246. The van der Waals surface area contributed by atoms with E-state index < -0.39 is 10.1 Å². The van der Waals surface area contributed by atoms with Gasteiger partial charge < -0.3 is 4.55 Å². The number of hydrogen-bond acceptors (Lipinski definition) is 3. The van der Waals surface area contributed by atoms with Gasteiger partial charge in [0.05, 0.1) is 4.90 Å². The number of fused-ring (bicyclic) bond motifs is 1. The Kier molecular flexibility index (Phi) is 23.5. The number of benzene rings is 2. The summed E-state index contributed by atoms with van der Waals surface area (Å²) in [6, 6.07) is 9.89. The van der Waals surface area contributed by atoms with Crippen molar-refractivity contribution in [3.63, 3.8) is 0 Å². The van der Waals surface area contributed by atoms with Crippen molar-refractivity contribution in [2.24, 2.45) is 0 Å². The molecule has 0 heterocycles. The molecule has 2 aromatic rings. The summed E-state index contributed by atoms with van der Waals surface area (Å²) in [6.07, 6.45) is 29.8. The molecule has 0 aliphatic carbocycles. The Morgan fingerprint density at radius 3 is 1.34 bits per heavy atom. The molecule has 0 saturated carbocycles. The number of aryl methyl sites for hydroxylation is 2. The molecule has 0 atom stereocenters. The number of hydrogen-bond donors (Lipinski definition) is 0. The third-order valence-electron chi connectivity index (χ3n) is 8.52. The van der Waals surface area contributed by atoms with Crippen LogP contribution in [0.1, 0.15) is 166 Å². The van der Waals surface area contributed by atoms with Crippen molar-refractivity contribution in [2.75, 3.05) is 0 Å². The first kappa shape index (κ1) is 39.3. The van der Waals surface area contributed by atoms with E-state index in [9.17, 15) is 13.0 Å². The monoisotopic (exact) mass is 610 g/mol. The zero-order valence-corrected chi connectivity index (χ0v) is 30.9. The quantitative estimate of drug-likeness (QED) is 0.0644. The Morgan fingerprint density at radius 1 is 0.537 bits per heavy atom. The maximum atomic E-state index is 12.2. The van der Waals surface area contributed by atoms with Gasteiger partial charge in [0.1, 0.15) is 10.1 Å². The predicted molar refractivity (Wildman–Crippen MR) is 172 cm³/mol. The molecule has 5 heteroatoms. The zero-order chi connectivity index (χ0) is 28.9. The number of rotatable bonds is 25. The van der Waals surface area contributed by atoms with E-state index in [4.69, 9.17) is 0 Å². The average molecular weight is 611 g/mol. The van der Waals surface area contributed by atoms with E-state index in [1.807, 2.05) is 6.07 Å². The molecule has 0 N–H and O–H groups in total. The minimum Gasteiger partial charge on any atom is -0.744 e. The fourth-order valence-electron chi connectivity index (χ4n) is 6.02. The fourth-order valence-corrected chi connectivity index (χ4v) is 6.77. The van der Waals surface area contributed by atoms with Gasteiger partial charge >= 0.3 is 51.4 Å². The van der Waals surface area contributed by atoms with Gasteiger partial charge in [-0.2, -0.15) is 0 Å². The van der Waals surface area contributed by atoms with Crippen LogP contribution < -0.4 is 51.4 Å². The van der Waals surface area contributed by atoms with Gasteiger partial charge in [0.15, 0.2) is 0 Å². The molecule has 228 valence electrons. The Labute approximate surface area is 296 Å². The molecule has 0 aliphatic heterocycles. The predicted octanol–water partition coefficient (Wildman–Crippen LogP) is 8.45. The van der Waals surface area contributed by atoms with Crippen LogP contribution in [-0.2, 0) is 23.0 Å². The molecule has 0 fully saturated rings. The Morgan fingerprint density at radius 2 is 0.927 bits per heavy atom. The first-order valence-electron chi connectivity index (χ1n) is 17.0. The summed E-state index contributed by atoms with van der Waals surface area (Å²) in [4.78, 5) is -0.00142. The van der Waals surface area contributed by atoms with E-state index in [1.54, 1.807) is 6.07 Å². The van der Waals surface area contributed by atoms with Crippen LogP contribution in [0.3, 0.4) is 0 Å². The van der Waals surface area contributed by atoms with Gasteiger partial charge in [-0.1, -0.05) is 160 Å². The van der Waals surface area contributed by atoms with Crippen molar-refractivity contribution >= 4 is 20.9 Å². The van der Waals surface area contributed by atoms with E-state index in [1.165, 1.54) is 128 Å². The van der Waals surface area contributed by atoms with Crippen molar-refractivity contribution < 1.29 is 64.4 Å². The van der Waals surface area contributed by atoms with Gasteiger partial charge in [-0.05, 0) is 59.7 Å². The normalized spacial score (nSPS) is 11.7. The topological polar surface area (TPSA) is 57.2 Å². The van der Waals surface area contributed by atoms with Crippen LogP contribution in [0.5, 0.6) is 0 Å². The first-order valence-corrected chi connectivity index (χ1v) is 18.4. The van der Waals surface area contributed by atoms with Gasteiger partial charge in [0.25, 0.3) is 0 Å². The molecule has 2 rings (SSSR count). The van der Waals surface area contributed by atoms with Crippen molar-refractivity contribution in [1.29, 1.82) is 0 Å². The molecule has 0 radical (unpaired) electrons. The largest absolute Gasteiger partial charge is 1.00 e. The van der Waals surface area contributed by atoms with Crippen molar-refractivity contribution in [2.45, 2.75) is 173 Å². The Bertz CT molecular complexity index is 1030. The van der Waals surface area contributed by atoms with Crippen LogP contribution in [-0.4, -0.2) is 13.0 Å². The Balaban J connectivity index is 0.00000840. The van der Waals surface area contributed by atoms with Crippen LogP contribution in [0.25, 0.3) is 10.8 Å². The van der Waals surface area contributed by atoms with Gasteiger partial charge in [-0.3, -0.25) is 0 Å². The van der Waals surface area contributed by atoms with E-state index in [0.717, 1.165) is 36.5 Å². The molecule has 3 nitrogen and oxygen atoms in total. The maximum Gasteiger partial charge on any atom is 1.00 e. The van der Waals surface area contributed by atoms with Crippen molar-refractivity contribution in [3.8, 4) is 0 Å². The van der Waals surface area contributed by atoms with Crippen LogP contribution >= 0.6 is 0 Å². The minimum absolute atomic E-state index is 0. The summed E-state index contributed by atoms with van der Waals surface area (Å²) < 4.78 is 36.6. The average Bonchev–Trinajstić information content (AvgIpc) is 2.93. The summed E-state index contributed by atoms with van der Waals surface area (Å²) in [5.41, 5.74) is 1.87. The molecule has 0 spiro atoms. The first-order chi connectivity index (χ1) is 19.5. The van der Waals surface area contributed by atoms with Crippen LogP contribution in [0.4, 0.5) is 0 Å². The van der Waals surface area contributed by atoms with Gasteiger partial charge in [0, 0.05) is 0 Å². The fraction of sp³-hybridized carbons (Fsp3) is 0.722. The van der Waals surface area contributed by atoms with Gasteiger partial charge in [-0.15, -0.1) is 0 Å². The summed E-state index contributed by atoms with van der Waals surface area (Å²) >= 11 is 0. The second kappa shape index (κ2) is 24.6. The molecule has 0 aliphatic rings. The van der Waals surface area contributed by atoms with E-state index in [2.05, 4.69) is 32.0 Å². The second-order valence-corrected chi connectivity index (χ2v) is 13.5. The van der Waals surface area contributed by atoms with Crippen LogP contribution in [0.2, 0.25) is 0 Å². The van der Waals surface area contributed by atoms with Crippen LogP contribution in [0, 0.1) is 0 Å². The number of unbranched alkanes of at least 4 members (excludes halogenated alkanes) is 20. The molecule has 0 bridgehead atoms. The maximum absolute atomic E-state index is 12.2. The SMILES string of the molecule is CCCCCCCCCCCCCc1cc2cccc(CCCCCCCCCCCCC)c2cc1S(=O)(=O)[O-].[K+]. The minimum atomic E-state index is -4.50. The van der Waals surface area contributed by atoms with Gasteiger partial charge in [0.2, 0.25) is 0 Å².